The molecule has 0 aliphatic rings. The largest absolute Gasteiger partial charge is 0.440 e. The van der Waals surface area contributed by atoms with Crippen LogP contribution in [0.2, 0.25) is 0 Å². The van der Waals surface area contributed by atoms with E-state index in [-0.39, 0.29) is 6.54 Å². The second kappa shape index (κ2) is 8.93. The molecule has 0 aliphatic heterocycles. The Morgan fingerprint density at radius 1 is 1.27 bits per heavy atom. The van der Waals surface area contributed by atoms with Crippen LogP contribution in [0.3, 0.4) is 0 Å². The van der Waals surface area contributed by atoms with Gasteiger partial charge in [0, 0.05) is 17.9 Å². The number of amides is 1. The Bertz CT molecular complexity index is 718. The molecule has 0 aliphatic carbocycles. The van der Waals surface area contributed by atoms with Crippen LogP contribution in [0, 0.1) is 0 Å². The normalized spacial score (nSPS) is 11.6. The zero-order valence-corrected chi connectivity index (χ0v) is 15.0. The number of hydrogen-bond donors (Lipinski definition) is 1. The number of nitrogens with one attached hydrogen (secondary N) is 1. The number of alkyl halides is 3. The molecule has 0 spiro atoms. The second-order valence-electron chi connectivity index (χ2n) is 5.62. The quantitative estimate of drug-likeness (QED) is 0.564. The fraction of sp³-hybridized carbons (Fsp3) is 0.438. The minimum absolute atomic E-state index is 0.0994. The fourth-order valence-electron chi connectivity index (χ4n) is 1.89. The molecule has 1 N–H and O–H groups in total. The van der Waals surface area contributed by atoms with E-state index in [2.05, 4.69) is 34.1 Å². The molecule has 0 radical (unpaired) electrons. The van der Waals surface area contributed by atoms with Crippen LogP contribution in [0.25, 0.3) is 11.5 Å². The topological polar surface area (TPSA) is 77.2 Å². The minimum atomic E-state index is -4.54. The van der Waals surface area contributed by atoms with Crippen molar-refractivity contribution < 1.29 is 27.1 Å². The van der Waals surface area contributed by atoms with Gasteiger partial charge >= 0.3 is 12.3 Å². The van der Waals surface area contributed by atoms with E-state index in [4.69, 9.17) is 4.42 Å². The summed E-state index contributed by atoms with van der Waals surface area (Å²) in [5.41, 5.74) is 1.99. The molecular formula is C16H18F3N3O3S. The molecule has 0 fully saturated rings. The van der Waals surface area contributed by atoms with Crippen molar-refractivity contribution in [3.63, 3.8) is 0 Å². The number of carbonyl (C=O) groups excluding carboxylic acids is 1. The van der Waals surface area contributed by atoms with E-state index in [1.165, 1.54) is 17.3 Å². The molecule has 1 aromatic heterocycles. The van der Waals surface area contributed by atoms with Gasteiger partial charge in [-0.15, -0.1) is 10.2 Å². The number of carbonyl (C=O) groups is 1. The first kappa shape index (κ1) is 20.1. The number of ether oxygens (including phenoxy) is 1. The van der Waals surface area contributed by atoms with Crippen LogP contribution in [-0.2, 0) is 4.74 Å². The summed E-state index contributed by atoms with van der Waals surface area (Å²) < 4.78 is 45.2. The zero-order chi connectivity index (χ0) is 19.2. The third-order valence-electron chi connectivity index (χ3n) is 3.19. The molecule has 26 heavy (non-hydrogen) atoms. The SMILES string of the molecule is CC(C)c1ccc(-c2nnc(SCCNC(=O)OCC(F)(F)F)o2)cc1. The Balaban J connectivity index is 1.75. The molecule has 0 bridgehead atoms. The van der Waals surface area contributed by atoms with Crippen LogP contribution in [0.5, 0.6) is 0 Å². The van der Waals surface area contributed by atoms with Crippen molar-refractivity contribution in [2.24, 2.45) is 0 Å². The molecule has 0 saturated heterocycles. The highest BCUT2D eigenvalue weighted by molar-refractivity contribution is 7.99. The van der Waals surface area contributed by atoms with Gasteiger partial charge in [-0.25, -0.2) is 4.79 Å². The van der Waals surface area contributed by atoms with E-state index >= 15 is 0 Å². The summed E-state index contributed by atoms with van der Waals surface area (Å²) in [6.45, 7) is 2.68. The van der Waals surface area contributed by atoms with Crippen LogP contribution in [0.15, 0.2) is 33.9 Å². The molecule has 1 aromatic carbocycles. The molecule has 0 saturated carbocycles. The number of alkyl carbamates (subject to hydrolysis) is 1. The van der Waals surface area contributed by atoms with E-state index in [1.54, 1.807) is 0 Å². The van der Waals surface area contributed by atoms with Crippen LogP contribution in [-0.4, -0.2) is 41.4 Å². The molecule has 2 rings (SSSR count). The molecule has 1 amide bonds. The molecular weight excluding hydrogens is 371 g/mol. The predicted octanol–water partition coefficient (Wildman–Crippen LogP) is 4.24. The summed E-state index contributed by atoms with van der Waals surface area (Å²) >= 11 is 1.18. The van der Waals surface area contributed by atoms with Gasteiger partial charge in [0.1, 0.15) is 0 Å². The summed E-state index contributed by atoms with van der Waals surface area (Å²) in [5.74, 6) is 1.14. The minimum Gasteiger partial charge on any atom is -0.440 e. The van der Waals surface area contributed by atoms with E-state index in [0.717, 1.165) is 5.56 Å². The maximum Gasteiger partial charge on any atom is 0.422 e. The molecule has 0 unspecified atom stereocenters. The van der Waals surface area contributed by atoms with Gasteiger partial charge in [-0.2, -0.15) is 13.2 Å². The molecule has 1 heterocycles. The summed E-state index contributed by atoms with van der Waals surface area (Å²) in [5, 5.41) is 10.4. The average Bonchev–Trinajstić information content (AvgIpc) is 3.05. The van der Waals surface area contributed by atoms with Gasteiger partial charge in [0.25, 0.3) is 5.22 Å². The number of aromatic nitrogens is 2. The van der Waals surface area contributed by atoms with E-state index in [9.17, 15) is 18.0 Å². The van der Waals surface area contributed by atoms with Crippen LogP contribution >= 0.6 is 11.8 Å². The Kier molecular flexibility index (Phi) is 6.90. The van der Waals surface area contributed by atoms with Crippen molar-refractivity contribution in [1.29, 1.82) is 0 Å². The maximum absolute atomic E-state index is 11.9. The lowest BCUT2D eigenvalue weighted by Gasteiger charge is -2.08. The highest BCUT2D eigenvalue weighted by atomic mass is 32.2. The molecule has 10 heteroatoms. The lowest BCUT2D eigenvalue weighted by Crippen LogP contribution is -2.30. The second-order valence-corrected chi connectivity index (χ2v) is 6.66. The Morgan fingerprint density at radius 2 is 1.96 bits per heavy atom. The molecule has 2 aromatic rings. The molecule has 6 nitrogen and oxygen atoms in total. The van der Waals surface area contributed by atoms with Crippen LogP contribution in [0.4, 0.5) is 18.0 Å². The van der Waals surface area contributed by atoms with Gasteiger partial charge in [0.15, 0.2) is 6.61 Å². The van der Waals surface area contributed by atoms with Crippen molar-refractivity contribution in [2.45, 2.75) is 31.2 Å². The summed E-state index contributed by atoms with van der Waals surface area (Å²) in [7, 11) is 0. The van der Waals surface area contributed by atoms with Crippen molar-refractivity contribution in [3.05, 3.63) is 29.8 Å². The first-order valence-electron chi connectivity index (χ1n) is 7.78. The lowest BCUT2D eigenvalue weighted by atomic mass is 10.0. The van der Waals surface area contributed by atoms with Gasteiger partial charge < -0.3 is 14.5 Å². The van der Waals surface area contributed by atoms with Crippen molar-refractivity contribution in [1.82, 2.24) is 15.5 Å². The zero-order valence-electron chi connectivity index (χ0n) is 14.2. The number of halogens is 3. The van der Waals surface area contributed by atoms with Gasteiger partial charge in [-0.05, 0) is 23.6 Å². The third-order valence-corrected chi connectivity index (χ3v) is 4.01. The monoisotopic (exact) mass is 389 g/mol. The lowest BCUT2D eigenvalue weighted by molar-refractivity contribution is -0.160. The van der Waals surface area contributed by atoms with Crippen molar-refractivity contribution in [3.8, 4) is 11.5 Å². The fourth-order valence-corrected chi connectivity index (χ4v) is 2.50. The summed E-state index contributed by atoms with van der Waals surface area (Å²) in [6, 6.07) is 7.78. The van der Waals surface area contributed by atoms with Gasteiger partial charge in [0.05, 0.1) is 0 Å². The van der Waals surface area contributed by atoms with E-state index in [0.29, 0.717) is 22.8 Å². The Hall–Kier alpha value is -2.23. The first-order valence-corrected chi connectivity index (χ1v) is 8.77. The van der Waals surface area contributed by atoms with Gasteiger partial charge in [-0.1, -0.05) is 37.7 Å². The molecule has 142 valence electrons. The predicted molar refractivity (Wildman–Crippen MR) is 90.0 cm³/mol. The van der Waals surface area contributed by atoms with Crippen molar-refractivity contribution >= 4 is 17.9 Å². The van der Waals surface area contributed by atoms with Gasteiger partial charge in [0.2, 0.25) is 5.89 Å². The van der Waals surface area contributed by atoms with E-state index in [1.807, 2.05) is 24.3 Å². The first-order chi connectivity index (χ1) is 12.2. The number of thioether (sulfide) groups is 1. The molecule has 0 atom stereocenters. The smallest absolute Gasteiger partial charge is 0.422 e. The summed E-state index contributed by atoms with van der Waals surface area (Å²) in [4.78, 5) is 11.1. The highest BCUT2D eigenvalue weighted by Gasteiger charge is 2.29. The maximum atomic E-state index is 11.9. The number of hydrogen-bond acceptors (Lipinski definition) is 6. The van der Waals surface area contributed by atoms with Crippen molar-refractivity contribution in [2.75, 3.05) is 18.9 Å². The number of benzene rings is 1. The van der Waals surface area contributed by atoms with E-state index < -0.39 is 18.9 Å². The van der Waals surface area contributed by atoms with Gasteiger partial charge in [-0.3, -0.25) is 0 Å². The average molecular weight is 389 g/mol. The standard InChI is InChI=1S/C16H18F3N3O3S/c1-10(2)11-3-5-12(6-4-11)13-21-22-15(25-13)26-8-7-20-14(23)24-9-16(17,18)19/h3-6,10H,7-9H2,1-2H3,(H,20,23). The number of rotatable bonds is 7. The summed E-state index contributed by atoms with van der Waals surface area (Å²) in [6.07, 6.45) is -5.67. The Morgan fingerprint density at radius 3 is 2.58 bits per heavy atom. The third kappa shape index (κ3) is 6.58. The van der Waals surface area contributed by atoms with Crippen LogP contribution < -0.4 is 5.32 Å². The van der Waals surface area contributed by atoms with Crippen LogP contribution in [0.1, 0.15) is 25.3 Å². The Labute approximate surface area is 152 Å². The highest BCUT2D eigenvalue weighted by Crippen LogP contribution is 2.24. The number of nitrogens with zero attached hydrogens (tertiary/aromatic N) is 2.